The van der Waals surface area contributed by atoms with Gasteiger partial charge in [0.25, 0.3) is 0 Å². The molecule has 0 heterocycles. The third-order valence-corrected chi connectivity index (χ3v) is 2.49. The van der Waals surface area contributed by atoms with Crippen molar-refractivity contribution in [3.8, 4) is 0 Å². The van der Waals surface area contributed by atoms with E-state index in [1.165, 1.54) is 44.9 Å². The number of carboxylic acids is 1. The van der Waals surface area contributed by atoms with Crippen molar-refractivity contribution in [3.63, 3.8) is 0 Å². The Morgan fingerprint density at radius 3 is 1.67 bits per heavy atom. The first-order valence-corrected chi connectivity index (χ1v) is 5.99. The number of carboxylic acid groups (broad SMARTS) is 1. The number of aliphatic carboxylic acids is 1. The summed E-state index contributed by atoms with van der Waals surface area (Å²) in [5, 5.41) is 8.41. The smallest absolute Gasteiger partial charge is 0.303 e. The maximum atomic E-state index is 10.2. The molecule has 15 heavy (non-hydrogen) atoms. The van der Waals surface area contributed by atoms with Gasteiger partial charge in [0, 0.05) is 25.3 Å². The molecule has 0 aromatic carbocycles. The minimum atomic E-state index is -0.659. The summed E-state index contributed by atoms with van der Waals surface area (Å²) in [7, 11) is 0. The molecule has 0 atom stereocenters. The number of unbranched alkanes of at least 4 members (excludes halogenated alkanes) is 8. The van der Waals surface area contributed by atoms with Crippen LogP contribution in [-0.4, -0.2) is 29.9 Å². The maximum absolute atomic E-state index is 10.2. The molecule has 0 saturated carbocycles. The number of rotatable bonds is 10. The summed E-state index contributed by atoms with van der Waals surface area (Å²) in [4.78, 5) is 10.2. The molecule has 0 fully saturated rings. The quantitative estimate of drug-likeness (QED) is 0.439. The summed E-state index contributed by atoms with van der Waals surface area (Å²) in [6.45, 7) is 2.23. The SMILES string of the molecule is CCCCCCCCCCCC(=O)O.[Li]. The van der Waals surface area contributed by atoms with Gasteiger partial charge in [0.05, 0.1) is 0 Å². The van der Waals surface area contributed by atoms with Crippen LogP contribution in [0.15, 0.2) is 0 Å². The van der Waals surface area contributed by atoms with Crippen molar-refractivity contribution in [2.45, 2.75) is 71.1 Å². The van der Waals surface area contributed by atoms with Crippen LogP contribution in [0.2, 0.25) is 0 Å². The summed E-state index contributed by atoms with van der Waals surface area (Å²) in [6.07, 6.45) is 11.5. The Kier molecular flexibility index (Phi) is 16.4. The van der Waals surface area contributed by atoms with Gasteiger partial charge in [-0.15, -0.1) is 0 Å². The van der Waals surface area contributed by atoms with Gasteiger partial charge in [0.2, 0.25) is 0 Å². The van der Waals surface area contributed by atoms with Gasteiger partial charge >= 0.3 is 5.97 Å². The van der Waals surface area contributed by atoms with E-state index in [0.717, 1.165) is 12.8 Å². The predicted molar refractivity (Wildman–Crippen MR) is 65.2 cm³/mol. The van der Waals surface area contributed by atoms with Crippen LogP contribution in [0, 0.1) is 0 Å². The van der Waals surface area contributed by atoms with Crippen molar-refractivity contribution < 1.29 is 9.90 Å². The molecule has 3 heteroatoms. The van der Waals surface area contributed by atoms with Gasteiger partial charge < -0.3 is 5.11 Å². The minimum absolute atomic E-state index is 0. The standard InChI is InChI=1S/C12H24O2.Li/c1-2-3-4-5-6-7-8-9-10-11-12(13)14;/h2-11H2,1H3,(H,13,14);. The van der Waals surface area contributed by atoms with E-state index in [2.05, 4.69) is 6.92 Å². The van der Waals surface area contributed by atoms with Crippen LogP contribution in [-0.2, 0) is 4.79 Å². The van der Waals surface area contributed by atoms with Crippen molar-refractivity contribution in [1.82, 2.24) is 0 Å². The Morgan fingerprint density at radius 2 is 1.27 bits per heavy atom. The minimum Gasteiger partial charge on any atom is -0.481 e. The van der Waals surface area contributed by atoms with Gasteiger partial charge in [-0.2, -0.15) is 0 Å². The molecule has 2 nitrogen and oxygen atoms in total. The van der Waals surface area contributed by atoms with E-state index in [-0.39, 0.29) is 18.9 Å². The molecule has 1 N–H and O–H groups in total. The third-order valence-electron chi connectivity index (χ3n) is 2.49. The Labute approximate surface area is 106 Å². The molecule has 0 saturated heterocycles. The molecule has 0 aromatic rings. The second kappa shape index (κ2) is 14.1. The molecule has 0 aromatic heterocycles. The van der Waals surface area contributed by atoms with Crippen LogP contribution >= 0.6 is 0 Å². The van der Waals surface area contributed by atoms with E-state index >= 15 is 0 Å². The first-order chi connectivity index (χ1) is 6.77. The molecule has 0 spiro atoms. The van der Waals surface area contributed by atoms with Gasteiger partial charge in [0.15, 0.2) is 0 Å². The van der Waals surface area contributed by atoms with Crippen molar-refractivity contribution in [2.24, 2.45) is 0 Å². The maximum Gasteiger partial charge on any atom is 0.303 e. The zero-order valence-corrected chi connectivity index (χ0v) is 10.4. The Balaban J connectivity index is 0. The first kappa shape index (κ1) is 17.5. The van der Waals surface area contributed by atoms with Gasteiger partial charge in [-0.3, -0.25) is 4.79 Å². The molecular weight excluding hydrogens is 183 g/mol. The molecule has 0 amide bonds. The second-order valence-electron chi connectivity index (χ2n) is 3.97. The molecule has 0 aliphatic heterocycles. The van der Waals surface area contributed by atoms with Crippen molar-refractivity contribution in [3.05, 3.63) is 0 Å². The normalized spacial score (nSPS) is 9.67. The van der Waals surface area contributed by atoms with Gasteiger partial charge in [-0.25, -0.2) is 0 Å². The van der Waals surface area contributed by atoms with E-state index < -0.39 is 5.97 Å². The van der Waals surface area contributed by atoms with E-state index in [4.69, 9.17) is 5.11 Å². The Hall–Kier alpha value is 0.0674. The van der Waals surface area contributed by atoms with E-state index in [9.17, 15) is 4.79 Å². The van der Waals surface area contributed by atoms with E-state index in [0.29, 0.717) is 6.42 Å². The topological polar surface area (TPSA) is 37.3 Å². The van der Waals surface area contributed by atoms with Crippen LogP contribution in [0.4, 0.5) is 0 Å². The fraction of sp³-hybridized carbons (Fsp3) is 0.917. The monoisotopic (exact) mass is 207 g/mol. The number of carbonyl (C=O) groups is 1. The molecule has 0 unspecified atom stereocenters. The molecular formula is C12H24LiO2. The predicted octanol–water partition coefficient (Wildman–Crippen LogP) is 3.61. The summed E-state index contributed by atoms with van der Waals surface area (Å²) in [5.74, 6) is -0.659. The molecule has 85 valence electrons. The first-order valence-electron chi connectivity index (χ1n) is 5.99. The largest absolute Gasteiger partial charge is 0.481 e. The average Bonchev–Trinajstić information content (AvgIpc) is 2.15. The second-order valence-corrected chi connectivity index (χ2v) is 3.97. The fourth-order valence-corrected chi connectivity index (χ4v) is 1.59. The zero-order chi connectivity index (χ0) is 10.6. The summed E-state index contributed by atoms with van der Waals surface area (Å²) < 4.78 is 0. The zero-order valence-electron chi connectivity index (χ0n) is 10.4. The third kappa shape index (κ3) is 16.7. The van der Waals surface area contributed by atoms with Crippen LogP contribution in [0.3, 0.4) is 0 Å². The van der Waals surface area contributed by atoms with Gasteiger partial charge in [0.1, 0.15) is 0 Å². The van der Waals surface area contributed by atoms with Crippen LogP contribution in [0.5, 0.6) is 0 Å². The van der Waals surface area contributed by atoms with Crippen LogP contribution < -0.4 is 0 Å². The van der Waals surface area contributed by atoms with Gasteiger partial charge in [-0.1, -0.05) is 58.3 Å². The summed E-state index contributed by atoms with van der Waals surface area (Å²) >= 11 is 0. The van der Waals surface area contributed by atoms with Crippen molar-refractivity contribution in [2.75, 3.05) is 0 Å². The van der Waals surface area contributed by atoms with E-state index in [1.54, 1.807) is 0 Å². The fourth-order valence-electron chi connectivity index (χ4n) is 1.59. The Bertz CT molecular complexity index is 138. The average molecular weight is 207 g/mol. The number of hydrogen-bond donors (Lipinski definition) is 1. The molecule has 0 aliphatic carbocycles. The van der Waals surface area contributed by atoms with Crippen molar-refractivity contribution in [1.29, 1.82) is 0 Å². The van der Waals surface area contributed by atoms with Crippen molar-refractivity contribution >= 4 is 24.8 Å². The summed E-state index contributed by atoms with van der Waals surface area (Å²) in [6, 6.07) is 0. The molecule has 0 aliphatic rings. The summed E-state index contributed by atoms with van der Waals surface area (Å²) in [5.41, 5.74) is 0. The molecule has 0 bridgehead atoms. The van der Waals surface area contributed by atoms with Crippen LogP contribution in [0.25, 0.3) is 0 Å². The van der Waals surface area contributed by atoms with Crippen LogP contribution in [0.1, 0.15) is 71.1 Å². The molecule has 0 rings (SSSR count). The van der Waals surface area contributed by atoms with Gasteiger partial charge in [-0.05, 0) is 6.42 Å². The number of hydrogen-bond acceptors (Lipinski definition) is 1. The van der Waals surface area contributed by atoms with E-state index in [1.807, 2.05) is 0 Å². The Morgan fingerprint density at radius 1 is 0.867 bits per heavy atom. The molecule has 1 radical (unpaired) electrons.